The average molecular weight is 191 g/mol. The first-order valence-electron chi connectivity index (χ1n) is 4.45. The monoisotopic (exact) mass is 191 g/mol. The van der Waals surface area contributed by atoms with Crippen LogP contribution >= 0.6 is 0 Å². The van der Waals surface area contributed by atoms with Crippen LogP contribution < -0.4 is 5.32 Å². The van der Waals surface area contributed by atoms with E-state index < -0.39 is 0 Å². The molecule has 14 heavy (non-hydrogen) atoms. The molecule has 4 heteroatoms. The summed E-state index contributed by atoms with van der Waals surface area (Å²) in [5, 5.41) is 2.74. The van der Waals surface area contributed by atoms with E-state index in [0.717, 1.165) is 0 Å². The minimum Gasteiger partial charge on any atom is -0.352 e. The Morgan fingerprint density at radius 3 is 3.07 bits per heavy atom. The lowest BCUT2D eigenvalue weighted by molar-refractivity contribution is -0.120. The van der Waals surface area contributed by atoms with Gasteiger partial charge >= 0.3 is 0 Å². The largest absolute Gasteiger partial charge is 0.352 e. The second-order valence-electron chi connectivity index (χ2n) is 2.75. The summed E-state index contributed by atoms with van der Waals surface area (Å²) in [7, 11) is 0. The molecule has 4 nitrogen and oxygen atoms in total. The third-order valence-corrected chi connectivity index (χ3v) is 1.61. The van der Waals surface area contributed by atoms with E-state index in [-0.39, 0.29) is 12.3 Å². The van der Waals surface area contributed by atoms with E-state index in [1.165, 1.54) is 0 Å². The predicted octanol–water partition coefficient (Wildman–Crippen LogP) is 0.711. The van der Waals surface area contributed by atoms with Crippen molar-refractivity contribution in [1.82, 2.24) is 15.3 Å². The van der Waals surface area contributed by atoms with Gasteiger partial charge in [-0.1, -0.05) is 12.2 Å². The van der Waals surface area contributed by atoms with Crippen LogP contribution in [0.4, 0.5) is 0 Å². The summed E-state index contributed by atoms with van der Waals surface area (Å²) in [5.74, 6) is -0.0383. The Balaban J connectivity index is 2.34. The molecule has 0 fully saturated rings. The van der Waals surface area contributed by atoms with Gasteiger partial charge in [0.1, 0.15) is 0 Å². The molecule has 0 aliphatic carbocycles. The van der Waals surface area contributed by atoms with Gasteiger partial charge in [0.2, 0.25) is 5.91 Å². The van der Waals surface area contributed by atoms with Gasteiger partial charge in [0.05, 0.1) is 12.1 Å². The highest BCUT2D eigenvalue weighted by Gasteiger charge is 2.01. The molecule has 0 bridgehead atoms. The smallest absolute Gasteiger partial charge is 0.226 e. The minimum absolute atomic E-state index is 0.0383. The number of allylic oxidation sites excluding steroid dienone is 1. The zero-order chi connectivity index (χ0) is 10.2. The van der Waals surface area contributed by atoms with Crippen molar-refractivity contribution < 1.29 is 4.79 Å². The van der Waals surface area contributed by atoms with Crippen LogP contribution in [0.25, 0.3) is 0 Å². The van der Waals surface area contributed by atoms with Crippen LogP contribution in [-0.4, -0.2) is 22.4 Å². The molecule has 0 saturated heterocycles. The molecule has 0 spiro atoms. The molecule has 1 amide bonds. The van der Waals surface area contributed by atoms with Crippen LogP contribution in [0.15, 0.2) is 30.7 Å². The van der Waals surface area contributed by atoms with Crippen LogP contribution in [0.5, 0.6) is 0 Å². The zero-order valence-corrected chi connectivity index (χ0v) is 8.10. The number of hydrogen-bond acceptors (Lipinski definition) is 3. The topological polar surface area (TPSA) is 54.9 Å². The fraction of sp³-hybridized carbons (Fsp3) is 0.300. The second-order valence-corrected chi connectivity index (χ2v) is 2.75. The maximum atomic E-state index is 11.3. The molecule has 1 rings (SSSR count). The molecule has 0 aliphatic rings. The van der Waals surface area contributed by atoms with Crippen LogP contribution in [0.1, 0.15) is 12.6 Å². The van der Waals surface area contributed by atoms with Gasteiger partial charge in [-0.15, -0.1) is 0 Å². The van der Waals surface area contributed by atoms with Crippen LogP contribution in [0.2, 0.25) is 0 Å². The van der Waals surface area contributed by atoms with Crippen molar-refractivity contribution in [3.8, 4) is 0 Å². The first-order valence-corrected chi connectivity index (χ1v) is 4.45. The van der Waals surface area contributed by atoms with Crippen molar-refractivity contribution in [2.24, 2.45) is 0 Å². The number of amides is 1. The number of carbonyl (C=O) groups excluding carboxylic acids is 1. The van der Waals surface area contributed by atoms with Gasteiger partial charge in [0.15, 0.2) is 0 Å². The van der Waals surface area contributed by atoms with Gasteiger partial charge in [-0.25, -0.2) is 0 Å². The molecule has 0 saturated carbocycles. The quantitative estimate of drug-likeness (QED) is 0.713. The van der Waals surface area contributed by atoms with Crippen molar-refractivity contribution in [2.75, 3.05) is 6.54 Å². The number of hydrogen-bond donors (Lipinski definition) is 1. The Kier molecular flexibility index (Phi) is 4.34. The Hall–Kier alpha value is -1.71. The van der Waals surface area contributed by atoms with Gasteiger partial charge in [-0.2, -0.15) is 0 Å². The third-order valence-electron chi connectivity index (χ3n) is 1.61. The van der Waals surface area contributed by atoms with Gasteiger partial charge in [-0.05, 0) is 6.92 Å². The molecule has 0 atom stereocenters. The van der Waals surface area contributed by atoms with Crippen LogP contribution in [0.3, 0.4) is 0 Å². The van der Waals surface area contributed by atoms with Gasteiger partial charge in [0, 0.05) is 25.1 Å². The second kappa shape index (κ2) is 5.85. The van der Waals surface area contributed by atoms with Crippen molar-refractivity contribution in [3.63, 3.8) is 0 Å². The molecule has 1 N–H and O–H groups in total. The highest BCUT2D eigenvalue weighted by molar-refractivity contribution is 5.78. The van der Waals surface area contributed by atoms with Crippen LogP contribution in [-0.2, 0) is 11.2 Å². The van der Waals surface area contributed by atoms with Crippen molar-refractivity contribution in [2.45, 2.75) is 13.3 Å². The highest BCUT2D eigenvalue weighted by Crippen LogP contribution is 1.91. The van der Waals surface area contributed by atoms with E-state index in [2.05, 4.69) is 15.3 Å². The molecule has 0 unspecified atom stereocenters. The SMILES string of the molecule is C/C=C/CNC(=O)Cc1cnccn1. The third kappa shape index (κ3) is 3.80. The molecule has 0 aliphatic heterocycles. The maximum absolute atomic E-state index is 11.3. The van der Waals surface area contributed by atoms with E-state index in [0.29, 0.717) is 12.2 Å². The molecule has 0 radical (unpaired) electrons. The first-order chi connectivity index (χ1) is 6.83. The molecule has 74 valence electrons. The summed E-state index contributed by atoms with van der Waals surface area (Å²) in [6.45, 7) is 2.48. The Morgan fingerprint density at radius 2 is 2.43 bits per heavy atom. The number of rotatable bonds is 4. The number of nitrogens with one attached hydrogen (secondary N) is 1. The lowest BCUT2D eigenvalue weighted by atomic mass is 10.3. The van der Waals surface area contributed by atoms with E-state index >= 15 is 0 Å². The summed E-state index contributed by atoms with van der Waals surface area (Å²) in [4.78, 5) is 19.2. The Bertz CT molecular complexity index is 308. The number of nitrogens with zero attached hydrogens (tertiary/aromatic N) is 2. The highest BCUT2D eigenvalue weighted by atomic mass is 16.1. The van der Waals surface area contributed by atoms with Crippen molar-refractivity contribution >= 4 is 5.91 Å². The van der Waals surface area contributed by atoms with Gasteiger partial charge < -0.3 is 5.32 Å². The first kappa shape index (κ1) is 10.4. The van der Waals surface area contributed by atoms with Gasteiger partial charge in [-0.3, -0.25) is 14.8 Å². The van der Waals surface area contributed by atoms with Crippen LogP contribution in [0, 0.1) is 0 Å². The standard InChI is InChI=1S/C10H13N3O/c1-2-3-4-13-10(14)7-9-8-11-5-6-12-9/h2-3,5-6,8H,4,7H2,1H3,(H,13,14)/b3-2+. The summed E-state index contributed by atoms with van der Waals surface area (Å²) in [6.07, 6.45) is 8.81. The zero-order valence-electron chi connectivity index (χ0n) is 8.10. The molecule has 0 aromatic carbocycles. The van der Waals surface area contributed by atoms with Gasteiger partial charge in [0.25, 0.3) is 0 Å². The average Bonchev–Trinajstić information content (AvgIpc) is 2.20. The van der Waals surface area contributed by atoms with Crippen molar-refractivity contribution in [3.05, 3.63) is 36.4 Å². The Morgan fingerprint density at radius 1 is 1.57 bits per heavy atom. The lowest BCUT2D eigenvalue weighted by Crippen LogP contribution is -2.25. The lowest BCUT2D eigenvalue weighted by Gasteiger charge is -2.00. The predicted molar refractivity (Wildman–Crippen MR) is 53.6 cm³/mol. The molecule has 1 aromatic heterocycles. The fourth-order valence-corrected chi connectivity index (χ4v) is 0.939. The molecular formula is C10H13N3O. The summed E-state index contributed by atoms with van der Waals surface area (Å²) in [5.41, 5.74) is 0.686. The number of aromatic nitrogens is 2. The Labute approximate surface area is 83.1 Å². The number of carbonyl (C=O) groups is 1. The van der Waals surface area contributed by atoms with Crippen molar-refractivity contribution in [1.29, 1.82) is 0 Å². The normalized spacial score (nSPS) is 10.4. The summed E-state index contributed by atoms with van der Waals surface area (Å²) >= 11 is 0. The maximum Gasteiger partial charge on any atom is 0.226 e. The minimum atomic E-state index is -0.0383. The van der Waals surface area contributed by atoms with E-state index in [1.54, 1.807) is 18.6 Å². The summed E-state index contributed by atoms with van der Waals surface area (Å²) < 4.78 is 0. The molecule has 1 heterocycles. The molecular weight excluding hydrogens is 178 g/mol. The molecule has 1 aromatic rings. The van der Waals surface area contributed by atoms with E-state index in [4.69, 9.17) is 0 Å². The van der Waals surface area contributed by atoms with E-state index in [1.807, 2.05) is 19.1 Å². The summed E-state index contributed by atoms with van der Waals surface area (Å²) in [6, 6.07) is 0. The van der Waals surface area contributed by atoms with E-state index in [9.17, 15) is 4.79 Å². The fourth-order valence-electron chi connectivity index (χ4n) is 0.939.